The Hall–Kier alpha value is -2.81. The number of carbonyl (C=O) groups excluding carboxylic acids is 1. The third-order valence-corrected chi connectivity index (χ3v) is 6.01. The SMILES string of the molecule is C=CCn1c(CNc2ccc(Cl)cc2)nnc1S[C@@H](C)C(=O)NN=Cc1ccccc1Cl. The predicted octanol–water partition coefficient (Wildman–Crippen LogP) is 5.01. The van der Waals surface area contributed by atoms with E-state index in [1.165, 1.54) is 18.0 Å². The number of benzene rings is 2. The summed E-state index contributed by atoms with van der Waals surface area (Å²) in [5.41, 5.74) is 4.18. The van der Waals surface area contributed by atoms with E-state index in [1.807, 2.05) is 47.0 Å². The standard InChI is InChI=1S/C22H22Cl2N6OS/c1-3-12-30-20(14-25-18-10-8-17(23)9-11-18)27-29-22(30)32-15(2)21(31)28-26-13-16-6-4-5-7-19(16)24/h3-11,13,15,25H,1,12,14H2,2H3,(H,28,31)/t15-/m0/s1. The summed E-state index contributed by atoms with van der Waals surface area (Å²) >= 11 is 13.3. The lowest BCUT2D eigenvalue weighted by atomic mass is 10.2. The average Bonchev–Trinajstić information content (AvgIpc) is 3.16. The number of rotatable bonds is 10. The number of aromatic nitrogens is 3. The lowest BCUT2D eigenvalue weighted by Gasteiger charge is -2.12. The number of nitrogens with one attached hydrogen (secondary N) is 2. The zero-order valence-corrected chi connectivity index (χ0v) is 19.7. The van der Waals surface area contributed by atoms with Crippen molar-refractivity contribution in [3.05, 3.63) is 82.6 Å². The van der Waals surface area contributed by atoms with E-state index >= 15 is 0 Å². The summed E-state index contributed by atoms with van der Waals surface area (Å²) in [5, 5.41) is 17.2. The number of halogens is 2. The highest BCUT2D eigenvalue weighted by atomic mass is 35.5. The molecule has 0 saturated carbocycles. The van der Waals surface area contributed by atoms with Crippen molar-refractivity contribution >= 4 is 52.8 Å². The molecule has 1 atom stereocenters. The van der Waals surface area contributed by atoms with Crippen molar-refractivity contribution < 1.29 is 4.79 Å². The van der Waals surface area contributed by atoms with Gasteiger partial charge in [0.25, 0.3) is 5.91 Å². The predicted molar refractivity (Wildman–Crippen MR) is 132 cm³/mol. The van der Waals surface area contributed by atoms with Gasteiger partial charge in [0.1, 0.15) is 0 Å². The fourth-order valence-corrected chi connectivity index (χ4v) is 3.83. The van der Waals surface area contributed by atoms with Gasteiger partial charge in [-0.05, 0) is 37.3 Å². The molecular formula is C22H22Cl2N6OS. The second-order valence-electron chi connectivity index (χ2n) is 6.67. The Labute approximate surface area is 200 Å². The molecule has 0 aliphatic carbocycles. The first kappa shape index (κ1) is 23.8. The van der Waals surface area contributed by atoms with Gasteiger partial charge in [-0.1, -0.05) is 59.2 Å². The van der Waals surface area contributed by atoms with E-state index in [4.69, 9.17) is 23.2 Å². The van der Waals surface area contributed by atoms with E-state index in [1.54, 1.807) is 19.1 Å². The molecule has 166 valence electrons. The first-order valence-electron chi connectivity index (χ1n) is 9.74. The van der Waals surface area contributed by atoms with Crippen LogP contribution in [-0.4, -0.2) is 32.1 Å². The van der Waals surface area contributed by atoms with E-state index in [-0.39, 0.29) is 5.91 Å². The van der Waals surface area contributed by atoms with E-state index in [0.29, 0.717) is 28.3 Å². The number of carbonyl (C=O) groups is 1. The molecule has 7 nitrogen and oxygen atoms in total. The lowest BCUT2D eigenvalue weighted by Crippen LogP contribution is -2.27. The van der Waals surface area contributed by atoms with Crippen molar-refractivity contribution in [2.24, 2.45) is 5.10 Å². The van der Waals surface area contributed by atoms with Gasteiger partial charge in [0.15, 0.2) is 11.0 Å². The van der Waals surface area contributed by atoms with E-state index in [2.05, 4.69) is 32.6 Å². The minimum absolute atomic E-state index is 0.257. The third kappa shape index (κ3) is 6.59. The second-order valence-corrected chi connectivity index (χ2v) is 8.83. The molecule has 3 aromatic rings. The van der Waals surface area contributed by atoms with Crippen LogP contribution in [0.15, 0.2) is 71.4 Å². The fraction of sp³-hybridized carbons (Fsp3) is 0.182. The topological polar surface area (TPSA) is 84.2 Å². The molecule has 0 unspecified atom stereocenters. The highest BCUT2D eigenvalue weighted by Gasteiger charge is 2.19. The van der Waals surface area contributed by atoms with Crippen LogP contribution in [0.5, 0.6) is 0 Å². The Morgan fingerprint density at radius 1 is 1.22 bits per heavy atom. The van der Waals surface area contributed by atoms with Crippen LogP contribution in [0.25, 0.3) is 0 Å². The summed E-state index contributed by atoms with van der Waals surface area (Å²) in [5.74, 6) is 0.471. The van der Waals surface area contributed by atoms with Crippen molar-refractivity contribution in [1.29, 1.82) is 0 Å². The minimum Gasteiger partial charge on any atom is -0.378 e. The molecule has 0 radical (unpaired) electrons. The molecule has 10 heteroatoms. The Bertz CT molecular complexity index is 1100. The van der Waals surface area contributed by atoms with Crippen molar-refractivity contribution in [1.82, 2.24) is 20.2 Å². The number of hydrogen-bond acceptors (Lipinski definition) is 6. The molecule has 32 heavy (non-hydrogen) atoms. The van der Waals surface area contributed by atoms with E-state index in [0.717, 1.165) is 17.1 Å². The van der Waals surface area contributed by atoms with E-state index in [9.17, 15) is 4.79 Å². The van der Waals surface area contributed by atoms with Crippen LogP contribution in [0, 0.1) is 0 Å². The van der Waals surface area contributed by atoms with Crippen LogP contribution in [0.4, 0.5) is 5.69 Å². The summed E-state index contributed by atoms with van der Waals surface area (Å²) < 4.78 is 1.91. The molecule has 2 aromatic carbocycles. The maximum absolute atomic E-state index is 12.5. The number of thioether (sulfide) groups is 1. The number of anilines is 1. The molecular weight excluding hydrogens is 467 g/mol. The lowest BCUT2D eigenvalue weighted by molar-refractivity contribution is -0.120. The maximum Gasteiger partial charge on any atom is 0.253 e. The molecule has 2 N–H and O–H groups in total. The highest BCUT2D eigenvalue weighted by molar-refractivity contribution is 8.00. The summed E-state index contributed by atoms with van der Waals surface area (Å²) in [4.78, 5) is 12.5. The molecule has 0 aliphatic heterocycles. The van der Waals surface area contributed by atoms with Gasteiger partial charge in [0.05, 0.1) is 18.0 Å². The minimum atomic E-state index is -0.441. The highest BCUT2D eigenvalue weighted by Crippen LogP contribution is 2.23. The zero-order chi connectivity index (χ0) is 22.9. The van der Waals surface area contributed by atoms with Crippen molar-refractivity contribution in [3.63, 3.8) is 0 Å². The van der Waals surface area contributed by atoms with Gasteiger partial charge < -0.3 is 9.88 Å². The largest absolute Gasteiger partial charge is 0.378 e. The Balaban J connectivity index is 1.61. The van der Waals surface area contributed by atoms with E-state index < -0.39 is 5.25 Å². The van der Waals surface area contributed by atoms with Crippen LogP contribution in [0.1, 0.15) is 18.3 Å². The van der Waals surface area contributed by atoms with Gasteiger partial charge in [0.2, 0.25) is 0 Å². The molecule has 0 fully saturated rings. The van der Waals surface area contributed by atoms with Crippen molar-refractivity contribution in [2.75, 3.05) is 5.32 Å². The summed E-state index contributed by atoms with van der Waals surface area (Å²) in [6, 6.07) is 14.7. The molecule has 1 aromatic heterocycles. The third-order valence-electron chi connectivity index (χ3n) is 4.33. The van der Waals surface area contributed by atoms with Gasteiger partial charge in [-0.2, -0.15) is 5.10 Å². The Morgan fingerprint density at radius 3 is 2.69 bits per heavy atom. The van der Waals surface area contributed by atoms with Crippen LogP contribution in [0.3, 0.4) is 0 Å². The van der Waals surface area contributed by atoms with Crippen LogP contribution >= 0.6 is 35.0 Å². The van der Waals surface area contributed by atoms with Gasteiger partial charge >= 0.3 is 0 Å². The van der Waals surface area contributed by atoms with Crippen LogP contribution < -0.4 is 10.7 Å². The number of amides is 1. The first-order valence-corrected chi connectivity index (χ1v) is 11.4. The maximum atomic E-state index is 12.5. The van der Waals surface area contributed by atoms with Crippen LogP contribution in [0.2, 0.25) is 10.0 Å². The Kier molecular flexibility index (Phi) is 8.72. The number of allylic oxidation sites excluding steroid dienone is 1. The smallest absolute Gasteiger partial charge is 0.253 e. The second kappa shape index (κ2) is 11.7. The number of nitrogens with zero attached hydrogens (tertiary/aromatic N) is 4. The molecule has 0 spiro atoms. The summed E-state index contributed by atoms with van der Waals surface area (Å²) in [6.45, 7) is 6.57. The molecule has 0 bridgehead atoms. The van der Waals surface area contributed by atoms with Crippen LogP contribution in [-0.2, 0) is 17.9 Å². The number of hydrazone groups is 1. The molecule has 1 amide bonds. The van der Waals surface area contributed by atoms with Gasteiger partial charge in [-0.3, -0.25) is 4.79 Å². The van der Waals surface area contributed by atoms with Gasteiger partial charge in [-0.25, -0.2) is 5.43 Å². The molecule has 0 saturated heterocycles. The molecule has 0 aliphatic rings. The monoisotopic (exact) mass is 488 g/mol. The quantitative estimate of drug-likeness (QED) is 0.181. The average molecular weight is 489 g/mol. The first-order chi connectivity index (χ1) is 15.5. The summed E-state index contributed by atoms with van der Waals surface area (Å²) in [6.07, 6.45) is 3.27. The molecule has 1 heterocycles. The summed E-state index contributed by atoms with van der Waals surface area (Å²) in [7, 11) is 0. The van der Waals surface area contributed by atoms with Crippen molar-refractivity contribution in [2.45, 2.75) is 30.4 Å². The van der Waals surface area contributed by atoms with Gasteiger partial charge in [-0.15, -0.1) is 16.8 Å². The Morgan fingerprint density at radius 2 is 1.97 bits per heavy atom. The normalized spacial score (nSPS) is 12.0. The fourth-order valence-electron chi connectivity index (χ4n) is 2.65. The van der Waals surface area contributed by atoms with Crippen molar-refractivity contribution in [3.8, 4) is 0 Å². The zero-order valence-electron chi connectivity index (χ0n) is 17.3. The number of hydrogen-bond donors (Lipinski definition) is 2. The van der Waals surface area contributed by atoms with Gasteiger partial charge in [0, 0.05) is 27.8 Å². The molecule has 3 rings (SSSR count).